The molecule has 0 saturated heterocycles. The molecule has 2 aromatic carbocycles. The molecular formula is C27H29FN2O3. The van der Waals surface area contributed by atoms with Crippen molar-refractivity contribution in [1.29, 1.82) is 0 Å². The van der Waals surface area contributed by atoms with Gasteiger partial charge in [0.2, 0.25) is 5.91 Å². The largest absolute Gasteiger partial charge is 0.383 e. The van der Waals surface area contributed by atoms with Crippen LogP contribution in [-0.4, -0.2) is 36.9 Å². The number of anilines is 1. The van der Waals surface area contributed by atoms with E-state index in [2.05, 4.69) is 4.98 Å². The Labute approximate surface area is 194 Å². The molecule has 0 atom stereocenters. The molecule has 3 rings (SSSR count). The molecular weight excluding hydrogens is 419 g/mol. The zero-order valence-electron chi connectivity index (χ0n) is 19.3. The summed E-state index contributed by atoms with van der Waals surface area (Å²) >= 11 is 0. The molecule has 0 aliphatic heterocycles. The molecule has 6 heteroatoms. The number of nitrogens with zero attached hydrogens (tertiary/aromatic N) is 2. The molecule has 0 unspecified atom stereocenters. The number of rotatable bonds is 10. The van der Waals surface area contributed by atoms with Crippen molar-refractivity contribution >= 4 is 17.4 Å². The van der Waals surface area contributed by atoms with Gasteiger partial charge in [-0.15, -0.1) is 0 Å². The standard InChI is InChI=1S/C27H29FN2O3/c1-4-27(32)30(16-17-33-3)25-13-11-23(18-24(25)28)21-7-9-22(10-8-21)26(31)14-12-20-6-5-15-29-19(20)2/h5-11,13,15,18H,4,12,14,16-17H2,1-3H3. The second kappa shape index (κ2) is 11.5. The minimum absolute atomic E-state index is 0.0539. The maximum atomic E-state index is 14.9. The quantitative estimate of drug-likeness (QED) is 0.390. The number of carbonyl (C=O) groups excluding carboxylic acids is 2. The normalized spacial score (nSPS) is 10.8. The van der Waals surface area contributed by atoms with Crippen molar-refractivity contribution in [3.8, 4) is 11.1 Å². The Morgan fingerprint density at radius 3 is 2.42 bits per heavy atom. The molecule has 0 spiro atoms. The van der Waals surface area contributed by atoms with Gasteiger partial charge in [-0.1, -0.05) is 43.3 Å². The lowest BCUT2D eigenvalue weighted by atomic mass is 9.99. The zero-order valence-corrected chi connectivity index (χ0v) is 19.3. The summed E-state index contributed by atoms with van der Waals surface area (Å²) in [5.74, 6) is -0.585. The average molecular weight is 449 g/mol. The monoisotopic (exact) mass is 448 g/mol. The highest BCUT2D eigenvalue weighted by Crippen LogP contribution is 2.27. The minimum Gasteiger partial charge on any atom is -0.383 e. The SMILES string of the molecule is CCC(=O)N(CCOC)c1ccc(-c2ccc(C(=O)CCc3cccnc3C)cc2)cc1F. The molecule has 33 heavy (non-hydrogen) atoms. The van der Waals surface area contributed by atoms with E-state index in [4.69, 9.17) is 4.74 Å². The lowest BCUT2D eigenvalue weighted by Crippen LogP contribution is -2.34. The molecule has 0 N–H and O–H groups in total. The highest BCUT2D eigenvalue weighted by Gasteiger charge is 2.18. The van der Waals surface area contributed by atoms with E-state index < -0.39 is 5.82 Å². The van der Waals surface area contributed by atoms with Gasteiger partial charge in [0.25, 0.3) is 0 Å². The van der Waals surface area contributed by atoms with E-state index in [1.165, 1.54) is 11.0 Å². The lowest BCUT2D eigenvalue weighted by molar-refractivity contribution is -0.118. The second-order valence-electron chi connectivity index (χ2n) is 7.81. The first-order valence-corrected chi connectivity index (χ1v) is 11.1. The summed E-state index contributed by atoms with van der Waals surface area (Å²) in [6.07, 6.45) is 3.06. The molecule has 3 aromatic rings. The van der Waals surface area contributed by atoms with Crippen molar-refractivity contribution in [2.24, 2.45) is 0 Å². The van der Waals surface area contributed by atoms with E-state index in [0.717, 1.165) is 16.8 Å². The number of halogens is 1. The molecule has 1 aromatic heterocycles. The third-order valence-corrected chi connectivity index (χ3v) is 5.64. The Balaban J connectivity index is 1.72. The Morgan fingerprint density at radius 2 is 1.79 bits per heavy atom. The number of pyridine rings is 1. The molecule has 0 saturated carbocycles. The van der Waals surface area contributed by atoms with Crippen molar-refractivity contribution in [2.45, 2.75) is 33.1 Å². The zero-order chi connectivity index (χ0) is 23.8. The van der Waals surface area contributed by atoms with E-state index in [-0.39, 0.29) is 30.3 Å². The highest BCUT2D eigenvalue weighted by molar-refractivity contribution is 5.96. The molecule has 0 fully saturated rings. The molecule has 5 nitrogen and oxygen atoms in total. The van der Waals surface area contributed by atoms with Crippen LogP contribution in [0.4, 0.5) is 10.1 Å². The molecule has 0 radical (unpaired) electrons. The Kier molecular flexibility index (Phi) is 8.44. The summed E-state index contributed by atoms with van der Waals surface area (Å²) in [7, 11) is 1.54. The molecule has 0 aliphatic carbocycles. The number of aromatic nitrogens is 1. The van der Waals surface area contributed by atoms with Crippen LogP contribution in [0.1, 0.15) is 41.4 Å². The van der Waals surface area contributed by atoms with Crippen LogP contribution in [0, 0.1) is 12.7 Å². The molecule has 1 amide bonds. The Hall–Kier alpha value is -3.38. The maximum absolute atomic E-state index is 14.9. The lowest BCUT2D eigenvalue weighted by Gasteiger charge is -2.23. The third kappa shape index (κ3) is 6.11. The van der Waals surface area contributed by atoms with Crippen LogP contribution in [-0.2, 0) is 16.0 Å². The van der Waals surface area contributed by atoms with Crippen molar-refractivity contribution in [3.63, 3.8) is 0 Å². The van der Waals surface area contributed by atoms with Crippen LogP contribution >= 0.6 is 0 Å². The van der Waals surface area contributed by atoms with Crippen LogP contribution in [0.5, 0.6) is 0 Å². The number of amides is 1. The minimum atomic E-state index is -0.475. The number of carbonyl (C=O) groups is 2. The van der Waals surface area contributed by atoms with Crippen LogP contribution in [0.25, 0.3) is 11.1 Å². The van der Waals surface area contributed by atoms with Gasteiger partial charge in [-0.2, -0.15) is 0 Å². The van der Waals surface area contributed by atoms with Gasteiger partial charge in [-0.3, -0.25) is 14.6 Å². The van der Waals surface area contributed by atoms with E-state index >= 15 is 0 Å². The highest BCUT2D eigenvalue weighted by atomic mass is 19.1. The Morgan fingerprint density at radius 1 is 1.06 bits per heavy atom. The van der Waals surface area contributed by atoms with E-state index in [0.29, 0.717) is 30.6 Å². The predicted molar refractivity (Wildman–Crippen MR) is 128 cm³/mol. The van der Waals surface area contributed by atoms with Gasteiger partial charge in [0.05, 0.1) is 12.3 Å². The van der Waals surface area contributed by atoms with Crippen molar-refractivity contribution < 1.29 is 18.7 Å². The Bertz CT molecular complexity index is 1110. The summed E-state index contributed by atoms with van der Waals surface area (Å²) in [6.45, 7) is 4.29. The number of hydrogen-bond acceptors (Lipinski definition) is 4. The third-order valence-electron chi connectivity index (χ3n) is 5.64. The van der Waals surface area contributed by atoms with E-state index in [1.54, 1.807) is 44.5 Å². The van der Waals surface area contributed by atoms with Crippen molar-refractivity contribution in [2.75, 3.05) is 25.2 Å². The van der Waals surface area contributed by atoms with Crippen molar-refractivity contribution in [3.05, 3.63) is 83.4 Å². The first-order valence-electron chi connectivity index (χ1n) is 11.1. The fraction of sp³-hybridized carbons (Fsp3) is 0.296. The number of ether oxygens (including phenoxy) is 1. The van der Waals surface area contributed by atoms with Crippen LogP contribution in [0.3, 0.4) is 0 Å². The van der Waals surface area contributed by atoms with Gasteiger partial charge in [-0.05, 0) is 48.2 Å². The first kappa shape index (κ1) is 24.3. The summed E-state index contributed by atoms with van der Waals surface area (Å²) < 4.78 is 20.0. The molecule has 172 valence electrons. The van der Waals surface area contributed by atoms with Gasteiger partial charge in [0.1, 0.15) is 5.82 Å². The van der Waals surface area contributed by atoms with Gasteiger partial charge < -0.3 is 9.64 Å². The smallest absolute Gasteiger partial charge is 0.226 e. The summed E-state index contributed by atoms with van der Waals surface area (Å²) in [6, 6.07) is 15.8. The number of hydrogen-bond donors (Lipinski definition) is 0. The number of ketones is 1. The molecule has 1 heterocycles. The van der Waals surface area contributed by atoms with E-state index in [1.807, 2.05) is 31.2 Å². The molecule has 0 bridgehead atoms. The maximum Gasteiger partial charge on any atom is 0.226 e. The van der Waals surface area contributed by atoms with Crippen LogP contribution in [0.15, 0.2) is 60.8 Å². The van der Waals surface area contributed by atoms with Gasteiger partial charge >= 0.3 is 0 Å². The van der Waals surface area contributed by atoms with Gasteiger partial charge in [-0.25, -0.2) is 4.39 Å². The summed E-state index contributed by atoms with van der Waals surface area (Å²) in [5.41, 5.74) is 4.34. The number of aryl methyl sites for hydroxylation is 2. The summed E-state index contributed by atoms with van der Waals surface area (Å²) in [5, 5.41) is 0. The van der Waals surface area contributed by atoms with Gasteiger partial charge in [0.15, 0.2) is 5.78 Å². The fourth-order valence-corrected chi connectivity index (χ4v) is 3.68. The van der Waals surface area contributed by atoms with Crippen LogP contribution < -0.4 is 4.90 Å². The second-order valence-corrected chi connectivity index (χ2v) is 7.81. The topological polar surface area (TPSA) is 59.5 Å². The number of methoxy groups -OCH3 is 1. The molecule has 0 aliphatic rings. The average Bonchev–Trinajstić information content (AvgIpc) is 2.84. The first-order chi connectivity index (χ1) is 15.9. The number of benzene rings is 2. The summed E-state index contributed by atoms with van der Waals surface area (Å²) in [4.78, 5) is 30.5. The number of Topliss-reactive ketones (excluding diaryl/α,β-unsaturated/α-hetero) is 1. The van der Waals surface area contributed by atoms with Crippen LogP contribution in [0.2, 0.25) is 0 Å². The fourth-order valence-electron chi connectivity index (χ4n) is 3.68. The van der Waals surface area contributed by atoms with Gasteiger partial charge in [0, 0.05) is 44.0 Å². The van der Waals surface area contributed by atoms with E-state index in [9.17, 15) is 14.0 Å². The van der Waals surface area contributed by atoms with Crippen molar-refractivity contribution in [1.82, 2.24) is 4.98 Å². The predicted octanol–water partition coefficient (Wildman–Crippen LogP) is 5.40.